The van der Waals surface area contributed by atoms with Crippen LogP contribution in [-0.4, -0.2) is 7.05 Å². The molecule has 2 rings (SSSR count). The number of hydrogen-bond donors (Lipinski definition) is 1. The van der Waals surface area contributed by atoms with Gasteiger partial charge in [0.2, 0.25) is 0 Å². The van der Waals surface area contributed by atoms with Crippen molar-refractivity contribution >= 4 is 0 Å². The van der Waals surface area contributed by atoms with E-state index in [1.807, 2.05) is 26.1 Å². The van der Waals surface area contributed by atoms with Crippen LogP contribution in [0.1, 0.15) is 42.9 Å². The fraction of sp³-hybridized carbons (Fsp3) is 0.571. The molecule has 2 heteroatoms. The molecule has 0 heterocycles. The molecule has 0 bridgehead atoms. The van der Waals surface area contributed by atoms with Crippen molar-refractivity contribution in [3.63, 3.8) is 0 Å². The van der Waals surface area contributed by atoms with Crippen LogP contribution in [0, 0.1) is 18.7 Å². The van der Waals surface area contributed by atoms with E-state index >= 15 is 0 Å². The molecule has 16 heavy (non-hydrogen) atoms. The summed E-state index contributed by atoms with van der Waals surface area (Å²) in [5.74, 6) is 0.526. The summed E-state index contributed by atoms with van der Waals surface area (Å²) in [4.78, 5) is 0. The standard InChI is InChI=1S/C14H20FN/c1-10-7-8-13(15)12(9-10)14(16-2)11-5-3-4-6-11/h7-9,11,14,16H,3-6H2,1-2H3. The fourth-order valence-electron chi connectivity index (χ4n) is 2.84. The van der Waals surface area contributed by atoms with E-state index in [1.54, 1.807) is 6.07 Å². The second kappa shape index (κ2) is 4.96. The van der Waals surface area contributed by atoms with Gasteiger partial charge in [0.05, 0.1) is 0 Å². The van der Waals surface area contributed by atoms with E-state index in [9.17, 15) is 4.39 Å². The monoisotopic (exact) mass is 221 g/mol. The van der Waals surface area contributed by atoms with Crippen LogP contribution in [-0.2, 0) is 0 Å². The Bertz CT molecular complexity index is 356. The highest BCUT2D eigenvalue weighted by Gasteiger charge is 2.26. The Balaban J connectivity index is 2.28. The van der Waals surface area contributed by atoms with E-state index < -0.39 is 0 Å². The van der Waals surface area contributed by atoms with Crippen molar-refractivity contribution in [2.75, 3.05) is 7.05 Å². The summed E-state index contributed by atoms with van der Waals surface area (Å²) in [7, 11) is 1.94. The Morgan fingerprint density at radius 2 is 2.00 bits per heavy atom. The van der Waals surface area contributed by atoms with Crippen molar-refractivity contribution in [2.24, 2.45) is 5.92 Å². The molecular weight excluding hydrogens is 201 g/mol. The Labute approximate surface area is 97.1 Å². The number of aryl methyl sites for hydroxylation is 1. The lowest BCUT2D eigenvalue weighted by Crippen LogP contribution is -2.24. The van der Waals surface area contributed by atoms with Crippen LogP contribution >= 0.6 is 0 Å². The number of rotatable bonds is 3. The van der Waals surface area contributed by atoms with Gasteiger partial charge >= 0.3 is 0 Å². The maximum Gasteiger partial charge on any atom is 0.128 e. The molecule has 1 aliphatic carbocycles. The Hall–Kier alpha value is -0.890. The van der Waals surface area contributed by atoms with Crippen molar-refractivity contribution in [2.45, 2.75) is 38.6 Å². The van der Waals surface area contributed by atoms with Gasteiger partial charge in [0.15, 0.2) is 0 Å². The normalized spacial score (nSPS) is 18.9. The summed E-state index contributed by atoms with van der Waals surface area (Å²) in [5, 5.41) is 3.29. The lowest BCUT2D eigenvalue weighted by molar-refractivity contribution is 0.378. The van der Waals surface area contributed by atoms with Crippen molar-refractivity contribution in [3.05, 3.63) is 35.1 Å². The quantitative estimate of drug-likeness (QED) is 0.822. The van der Waals surface area contributed by atoms with Crippen molar-refractivity contribution < 1.29 is 4.39 Å². The van der Waals surface area contributed by atoms with Gasteiger partial charge in [0.1, 0.15) is 5.82 Å². The van der Waals surface area contributed by atoms with Crippen molar-refractivity contribution in [3.8, 4) is 0 Å². The highest BCUT2D eigenvalue weighted by molar-refractivity contribution is 5.27. The van der Waals surface area contributed by atoms with Gasteiger partial charge in [-0.25, -0.2) is 4.39 Å². The molecule has 1 unspecified atom stereocenters. The zero-order chi connectivity index (χ0) is 11.5. The minimum absolute atomic E-state index is 0.0724. The Morgan fingerprint density at radius 1 is 1.31 bits per heavy atom. The van der Waals surface area contributed by atoms with Crippen LogP contribution in [0.2, 0.25) is 0 Å². The highest BCUT2D eigenvalue weighted by Crippen LogP contribution is 2.36. The van der Waals surface area contributed by atoms with Crippen LogP contribution in [0.25, 0.3) is 0 Å². The van der Waals surface area contributed by atoms with Crippen LogP contribution < -0.4 is 5.32 Å². The Morgan fingerprint density at radius 3 is 2.62 bits per heavy atom. The van der Waals surface area contributed by atoms with E-state index in [0.29, 0.717) is 5.92 Å². The van der Waals surface area contributed by atoms with E-state index in [1.165, 1.54) is 25.7 Å². The predicted octanol–water partition coefficient (Wildman–Crippen LogP) is 3.58. The zero-order valence-corrected chi connectivity index (χ0v) is 10.1. The average Bonchev–Trinajstić information content (AvgIpc) is 2.78. The minimum Gasteiger partial charge on any atom is -0.313 e. The zero-order valence-electron chi connectivity index (χ0n) is 10.1. The summed E-state index contributed by atoms with van der Waals surface area (Å²) < 4.78 is 13.8. The third-order valence-corrected chi connectivity index (χ3v) is 3.67. The summed E-state index contributed by atoms with van der Waals surface area (Å²) >= 11 is 0. The molecule has 1 aromatic carbocycles. The molecule has 1 aromatic rings. The van der Waals surface area contributed by atoms with Crippen LogP contribution in [0.15, 0.2) is 18.2 Å². The van der Waals surface area contributed by atoms with E-state index in [-0.39, 0.29) is 11.9 Å². The number of hydrogen-bond acceptors (Lipinski definition) is 1. The summed E-state index contributed by atoms with van der Waals surface area (Å²) in [6, 6.07) is 5.58. The van der Waals surface area contributed by atoms with Crippen LogP contribution in [0.5, 0.6) is 0 Å². The molecular formula is C14H20FN. The van der Waals surface area contributed by atoms with Crippen LogP contribution in [0.3, 0.4) is 0 Å². The molecule has 88 valence electrons. The van der Waals surface area contributed by atoms with Gasteiger partial charge in [-0.3, -0.25) is 0 Å². The molecule has 1 atom stereocenters. The van der Waals surface area contributed by atoms with Gasteiger partial charge in [-0.2, -0.15) is 0 Å². The van der Waals surface area contributed by atoms with E-state index in [4.69, 9.17) is 0 Å². The first kappa shape index (κ1) is 11.6. The molecule has 0 spiro atoms. The first-order chi connectivity index (χ1) is 7.72. The fourth-order valence-corrected chi connectivity index (χ4v) is 2.84. The van der Waals surface area contributed by atoms with Gasteiger partial charge in [-0.15, -0.1) is 0 Å². The van der Waals surface area contributed by atoms with Crippen molar-refractivity contribution in [1.29, 1.82) is 0 Å². The first-order valence-electron chi connectivity index (χ1n) is 6.15. The topological polar surface area (TPSA) is 12.0 Å². The molecule has 0 radical (unpaired) electrons. The molecule has 0 saturated heterocycles. The average molecular weight is 221 g/mol. The lowest BCUT2D eigenvalue weighted by Gasteiger charge is -2.24. The minimum atomic E-state index is -0.0724. The molecule has 1 aliphatic rings. The summed E-state index contributed by atoms with van der Waals surface area (Å²) in [6.07, 6.45) is 5.02. The van der Waals surface area contributed by atoms with E-state index in [2.05, 4.69) is 5.32 Å². The molecule has 0 amide bonds. The second-order valence-corrected chi connectivity index (χ2v) is 4.84. The SMILES string of the molecule is CNC(c1cc(C)ccc1F)C1CCCC1. The number of benzene rings is 1. The third kappa shape index (κ3) is 2.27. The summed E-state index contributed by atoms with van der Waals surface area (Å²) in [6.45, 7) is 2.02. The number of nitrogens with one attached hydrogen (secondary N) is 1. The number of halogens is 1. The molecule has 1 saturated carbocycles. The predicted molar refractivity (Wildman–Crippen MR) is 64.9 cm³/mol. The first-order valence-corrected chi connectivity index (χ1v) is 6.15. The highest BCUT2D eigenvalue weighted by atomic mass is 19.1. The smallest absolute Gasteiger partial charge is 0.128 e. The summed E-state index contributed by atoms with van der Waals surface area (Å²) in [5.41, 5.74) is 1.98. The maximum atomic E-state index is 13.8. The van der Waals surface area contributed by atoms with Gasteiger partial charge in [-0.05, 0) is 38.8 Å². The van der Waals surface area contributed by atoms with Gasteiger partial charge in [-0.1, -0.05) is 30.5 Å². The van der Waals surface area contributed by atoms with Crippen molar-refractivity contribution in [1.82, 2.24) is 5.32 Å². The third-order valence-electron chi connectivity index (χ3n) is 3.67. The maximum absolute atomic E-state index is 13.8. The Kier molecular flexibility index (Phi) is 3.59. The largest absolute Gasteiger partial charge is 0.313 e. The van der Waals surface area contributed by atoms with E-state index in [0.717, 1.165) is 11.1 Å². The second-order valence-electron chi connectivity index (χ2n) is 4.84. The van der Waals surface area contributed by atoms with Gasteiger partial charge < -0.3 is 5.32 Å². The lowest BCUT2D eigenvalue weighted by atomic mass is 9.90. The van der Waals surface area contributed by atoms with Gasteiger partial charge in [0, 0.05) is 11.6 Å². The van der Waals surface area contributed by atoms with Crippen LogP contribution in [0.4, 0.5) is 4.39 Å². The molecule has 1 nitrogen and oxygen atoms in total. The molecule has 0 aliphatic heterocycles. The molecule has 1 fully saturated rings. The molecule has 1 N–H and O–H groups in total. The van der Waals surface area contributed by atoms with Gasteiger partial charge in [0.25, 0.3) is 0 Å². The molecule has 0 aromatic heterocycles.